The van der Waals surface area contributed by atoms with Crippen molar-refractivity contribution in [3.05, 3.63) is 0 Å². The lowest BCUT2D eigenvalue weighted by Gasteiger charge is -2.30. The molecule has 1 amide bonds. The van der Waals surface area contributed by atoms with Crippen LogP contribution in [0, 0.1) is 5.41 Å². The molecule has 1 saturated carbocycles. The number of methoxy groups -OCH3 is 1. The summed E-state index contributed by atoms with van der Waals surface area (Å²) in [6.45, 7) is 9.96. The maximum absolute atomic E-state index is 11.7. The van der Waals surface area contributed by atoms with Gasteiger partial charge in [-0.2, -0.15) is 0 Å². The van der Waals surface area contributed by atoms with Gasteiger partial charge in [-0.25, -0.2) is 4.99 Å². The van der Waals surface area contributed by atoms with Crippen LogP contribution in [-0.4, -0.2) is 50.8 Å². The number of hydrogen-bond acceptors (Lipinski definition) is 3. The molecule has 1 fully saturated rings. The number of rotatable bonds is 7. The highest BCUT2D eigenvalue weighted by Gasteiger charge is 2.25. The van der Waals surface area contributed by atoms with Gasteiger partial charge in [-0.15, -0.1) is 24.0 Å². The molecule has 1 aliphatic rings. The number of hydrogen-bond donors (Lipinski definition) is 3. The van der Waals surface area contributed by atoms with Crippen molar-refractivity contribution in [3.8, 4) is 0 Å². The highest BCUT2D eigenvalue weighted by molar-refractivity contribution is 14.0. The van der Waals surface area contributed by atoms with Crippen LogP contribution in [0.4, 0.5) is 0 Å². The molecule has 1 rings (SSSR count). The number of carbonyl (C=O) groups excluding carboxylic acids is 1. The Balaban J connectivity index is 0.00000441. The molecule has 1 aliphatic carbocycles. The predicted molar refractivity (Wildman–Crippen MR) is 101 cm³/mol. The number of nitrogens with one attached hydrogen (secondary N) is 3. The predicted octanol–water partition coefficient (Wildman–Crippen LogP) is 1.50. The fourth-order valence-corrected chi connectivity index (χ4v) is 1.93. The van der Waals surface area contributed by atoms with Crippen LogP contribution in [0.15, 0.2) is 4.99 Å². The van der Waals surface area contributed by atoms with Gasteiger partial charge in [0, 0.05) is 26.2 Å². The molecule has 0 aromatic rings. The molecule has 6 nitrogen and oxygen atoms in total. The number of carbonyl (C=O) groups is 1. The molecule has 1 unspecified atom stereocenters. The molecule has 0 bridgehead atoms. The van der Waals surface area contributed by atoms with Gasteiger partial charge in [0.05, 0.1) is 6.10 Å². The summed E-state index contributed by atoms with van der Waals surface area (Å²) in [5.74, 6) is 0.628. The van der Waals surface area contributed by atoms with E-state index < -0.39 is 0 Å². The van der Waals surface area contributed by atoms with Gasteiger partial charge in [0.15, 0.2) is 5.96 Å². The fourth-order valence-electron chi connectivity index (χ4n) is 1.93. The van der Waals surface area contributed by atoms with Crippen LogP contribution < -0.4 is 16.0 Å². The largest absolute Gasteiger partial charge is 0.379 e. The van der Waals surface area contributed by atoms with Gasteiger partial charge in [-0.3, -0.25) is 4.79 Å². The molecule has 130 valence electrons. The molecule has 0 radical (unpaired) electrons. The summed E-state index contributed by atoms with van der Waals surface area (Å²) in [5.41, 5.74) is 0.0441. The number of nitrogens with zero attached hydrogens (tertiary/aromatic N) is 1. The summed E-state index contributed by atoms with van der Waals surface area (Å²) < 4.78 is 5.51. The van der Waals surface area contributed by atoms with Gasteiger partial charge < -0.3 is 20.7 Å². The minimum atomic E-state index is -0.0196. The summed E-state index contributed by atoms with van der Waals surface area (Å²) in [4.78, 5) is 16.0. The van der Waals surface area contributed by atoms with E-state index in [1.54, 1.807) is 7.11 Å². The third-order valence-corrected chi connectivity index (χ3v) is 3.37. The minimum Gasteiger partial charge on any atom is -0.379 e. The van der Waals surface area contributed by atoms with Crippen LogP contribution in [-0.2, 0) is 9.53 Å². The number of guanidine groups is 1. The number of amides is 1. The fraction of sp³-hybridized carbons (Fsp3) is 0.867. The lowest BCUT2D eigenvalue weighted by molar-refractivity contribution is -0.119. The maximum atomic E-state index is 11.7. The first-order valence-electron chi connectivity index (χ1n) is 7.71. The van der Waals surface area contributed by atoms with E-state index in [4.69, 9.17) is 4.74 Å². The standard InChI is InChI=1S/C15H30N4O2.HI/c1-6-16-14(17-9-12(21-5)15(2,3)4)18-10-13(20)19-11-7-8-11;/h11-12H,6-10H2,1-5H3,(H,19,20)(H2,16,17,18);1H. The first-order valence-corrected chi connectivity index (χ1v) is 7.71. The molecule has 0 aromatic carbocycles. The SMILES string of the molecule is CCNC(=NCC(=O)NC1CC1)NCC(OC)C(C)(C)C.I. The van der Waals surface area contributed by atoms with Gasteiger partial charge in [0.1, 0.15) is 6.54 Å². The summed E-state index contributed by atoms with van der Waals surface area (Å²) in [6.07, 6.45) is 2.26. The molecule has 1 atom stereocenters. The Morgan fingerprint density at radius 3 is 2.41 bits per heavy atom. The zero-order chi connectivity index (χ0) is 15.9. The third kappa shape index (κ3) is 8.77. The quantitative estimate of drug-likeness (QED) is 0.328. The molecule has 0 heterocycles. The van der Waals surface area contributed by atoms with Crippen molar-refractivity contribution in [2.45, 2.75) is 52.7 Å². The Kier molecular flexibility index (Phi) is 9.99. The molecule has 0 aliphatic heterocycles. The zero-order valence-electron chi connectivity index (χ0n) is 14.4. The summed E-state index contributed by atoms with van der Waals surface area (Å²) >= 11 is 0. The van der Waals surface area contributed by atoms with Crippen LogP contribution in [0.1, 0.15) is 40.5 Å². The second kappa shape index (κ2) is 10.3. The lowest BCUT2D eigenvalue weighted by Crippen LogP contribution is -2.45. The highest BCUT2D eigenvalue weighted by Crippen LogP contribution is 2.21. The molecule has 3 N–H and O–H groups in total. The van der Waals surface area contributed by atoms with Gasteiger partial charge in [-0.05, 0) is 25.2 Å². The summed E-state index contributed by atoms with van der Waals surface area (Å²) in [7, 11) is 1.71. The van der Waals surface area contributed by atoms with Crippen LogP contribution in [0.2, 0.25) is 0 Å². The molecule has 0 aromatic heterocycles. The topological polar surface area (TPSA) is 74.8 Å². The molecule has 22 heavy (non-hydrogen) atoms. The van der Waals surface area contributed by atoms with Crippen LogP contribution in [0.25, 0.3) is 0 Å². The van der Waals surface area contributed by atoms with Gasteiger partial charge in [-0.1, -0.05) is 20.8 Å². The summed E-state index contributed by atoms with van der Waals surface area (Å²) in [6, 6.07) is 0.377. The Morgan fingerprint density at radius 1 is 1.32 bits per heavy atom. The van der Waals surface area contributed by atoms with Crippen molar-refractivity contribution in [1.82, 2.24) is 16.0 Å². The van der Waals surface area contributed by atoms with Crippen molar-refractivity contribution in [2.75, 3.05) is 26.7 Å². The molecule has 7 heteroatoms. The van der Waals surface area contributed by atoms with E-state index in [-0.39, 0.29) is 47.9 Å². The number of ether oxygens (including phenoxy) is 1. The van der Waals surface area contributed by atoms with Crippen LogP contribution in [0.5, 0.6) is 0 Å². The van der Waals surface area contributed by atoms with Crippen molar-refractivity contribution >= 4 is 35.8 Å². The van der Waals surface area contributed by atoms with E-state index in [1.165, 1.54) is 0 Å². The van der Waals surface area contributed by atoms with Crippen molar-refractivity contribution < 1.29 is 9.53 Å². The van der Waals surface area contributed by atoms with Gasteiger partial charge >= 0.3 is 0 Å². The van der Waals surface area contributed by atoms with E-state index in [0.717, 1.165) is 19.4 Å². The van der Waals surface area contributed by atoms with Gasteiger partial charge in [0.25, 0.3) is 0 Å². The third-order valence-electron chi connectivity index (χ3n) is 3.37. The van der Waals surface area contributed by atoms with E-state index in [2.05, 4.69) is 41.7 Å². The average Bonchev–Trinajstić information content (AvgIpc) is 3.18. The zero-order valence-corrected chi connectivity index (χ0v) is 16.7. The highest BCUT2D eigenvalue weighted by atomic mass is 127. The second-order valence-corrected chi connectivity index (χ2v) is 6.51. The summed E-state index contributed by atoms with van der Waals surface area (Å²) in [5, 5.41) is 9.30. The molecule has 0 saturated heterocycles. The Hall–Kier alpha value is -0.570. The Labute approximate surface area is 151 Å². The lowest BCUT2D eigenvalue weighted by atomic mass is 9.89. The van der Waals surface area contributed by atoms with Crippen LogP contribution >= 0.6 is 24.0 Å². The monoisotopic (exact) mass is 426 g/mol. The molecular formula is C15H31IN4O2. The van der Waals surface area contributed by atoms with Crippen molar-refractivity contribution in [2.24, 2.45) is 10.4 Å². The van der Waals surface area contributed by atoms with E-state index >= 15 is 0 Å². The first kappa shape index (κ1) is 21.4. The molecule has 0 spiro atoms. The second-order valence-electron chi connectivity index (χ2n) is 6.51. The average molecular weight is 426 g/mol. The van der Waals surface area contributed by atoms with E-state index in [1.807, 2.05) is 6.92 Å². The Bertz CT molecular complexity index is 365. The maximum Gasteiger partial charge on any atom is 0.242 e. The van der Waals surface area contributed by atoms with Crippen molar-refractivity contribution in [3.63, 3.8) is 0 Å². The van der Waals surface area contributed by atoms with Crippen LogP contribution in [0.3, 0.4) is 0 Å². The first-order chi connectivity index (χ1) is 9.86. The van der Waals surface area contributed by atoms with Crippen molar-refractivity contribution in [1.29, 1.82) is 0 Å². The number of halogens is 1. The van der Waals surface area contributed by atoms with Gasteiger partial charge in [0.2, 0.25) is 5.91 Å². The minimum absolute atomic E-state index is 0. The molecular weight excluding hydrogens is 395 g/mol. The normalized spacial score (nSPS) is 16.5. The smallest absolute Gasteiger partial charge is 0.242 e. The van der Waals surface area contributed by atoms with E-state index in [9.17, 15) is 4.79 Å². The number of aliphatic imine (C=N–C) groups is 1. The van der Waals surface area contributed by atoms with E-state index in [0.29, 0.717) is 18.5 Å². The Morgan fingerprint density at radius 2 is 1.95 bits per heavy atom.